The highest BCUT2D eigenvalue weighted by Crippen LogP contribution is 2.32. The van der Waals surface area contributed by atoms with E-state index in [4.69, 9.17) is 16.3 Å². The Balaban J connectivity index is 1.28. The summed E-state index contributed by atoms with van der Waals surface area (Å²) >= 11 is 7.14. The van der Waals surface area contributed by atoms with Crippen molar-refractivity contribution in [2.45, 2.75) is 36.6 Å². The molecule has 0 spiro atoms. The lowest BCUT2D eigenvalue weighted by Gasteiger charge is -2.29. The number of thiophene rings is 1. The number of hydrogen-bond acceptors (Lipinski definition) is 6. The molecule has 2 aromatic carbocycles. The normalized spacial score (nSPS) is 17.9. The number of amides is 2. The molecule has 0 bridgehead atoms. The minimum Gasteiger partial charge on any atom is -0.416 e. The molecule has 3 heterocycles. The highest BCUT2D eigenvalue weighted by Gasteiger charge is 2.36. The topological polar surface area (TPSA) is 96.0 Å². The van der Waals surface area contributed by atoms with Crippen LogP contribution in [0.25, 0.3) is 10.1 Å². The SMILES string of the molecule is C=C(C)OC(=O)N1CCc2cc(N3CC[C@H](NS(=O)(=O)c4cc5ccc(Cl)cc5s4)C3=O)ccc2C1. The van der Waals surface area contributed by atoms with Crippen molar-refractivity contribution in [1.82, 2.24) is 9.62 Å². The molecule has 0 unspecified atom stereocenters. The highest BCUT2D eigenvalue weighted by molar-refractivity contribution is 7.91. The molecule has 0 radical (unpaired) electrons. The summed E-state index contributed by atoms with van der Waals surface area (Å²) in [5, 5.41) is 1.32. The van der Waals surface area contributed by atoms with Gasteiger partial charge in [0.2, 0.25) is 5.91 Å². The van der Waals surface area contributed by atoms with Crippen LogP contribution in [0.4, 0.5) is 10.5 Å². The number of benzene rings is 2. The predicted molar refractivity (Wildman–Crippen MR) is 140 cm³/mol. The lowest BCUT2D eigenvalue weighted by atomic mass is 9.99. The molecule has 2 amide bonds. The summed E-state index contributed by atoms with van der Waals surface area (Å²) in [7, 11) is -3.87. The number of carbonyl (C=O) groups excluding carboxylic acids is 2. The van der Waals surface area contributed by atoms with Gasteiger partial charge in [-0.3, -0.25) is 4.79 Å². The Hall–Kier alpha value is -2.92. The summed E-state index contributed by atoms with van der Waals surface area (Å²) in [4.78, 5) is 28.6. The Labute approximate surface area is 218 Å². The quantitative estimate of drug-likeness (QED) is 0.470. The fourth-order valence-electron chi connectivity index (χ4n) is 4.48. The van der Waals surface area contributed by atoms with Crippen LogP contribution in [0.2, 0.25) is 5.02 Å². The van der Waals surface area contributed by atoms with E-state index in [0.717, 1.165) is 38.2 Å². The van der Waals surface area contributed by atoms with E-state index in [2.05, 4.69) is 11.3 Å². The molecule has 1 saturated heterocycles. The number of halogens is 1. The molecule has 2 aliphatic heterocycles. The third-order valence-electron chi connectivity index (χ3n) is 6.26. The molecule has 2 aliphatic rings. The van der Waals surface area contributed by atoms with Gasteiger partial charge in [0, 0.05) is 35.0 Å². The minimum absolute atomic E-state index is 0.148. The van der Waals surface area contributed by atoms with Crippen molar-refractivity contribution >= 4 is 60.7 Å². The predicted octanol–water partition coefficient (Wildman–Crippen LogP) is 4.67. The largest absolute Gasteiger partial charge is 0.416 e. The Bertz CT molecular complexity index is 1500. The number of hydrogen-bond donors (Lipinski definition) is 1. The second-order valence-corrected chi connectivity index (χ2v) is 12.4. The lowest BCUT2D eigenvalue weighted by Crippen LogP contribution is -2.41. The third-order valence-corrected chi connectivity index (χ3v) is 9.54. The van der Waals surface area contributed by atoms with Crippen molar-refractivity contribution in [2.24, 2.45) is 0 Å². The second kappa shape index (κ2) is 9.51. The van der Waals surface area contributed by atoms with Crippen LogP contribution in [0.3, 0.4) is 0 Å². The molecule has 0 saturated carbocycles. The van der Waals surface area contributed by atoms with Gasteiger partial charge < -0.3 is 14.5 Å². The van der Waals surface area contributed by atoms with E-state index >= 15 is 0 Å². The maximum absolute atomic E-state index is 13.2. The molecular weight excluding hydrogens is 522 g/mol. The van der Waals surface area contributed by atoms with Crippen molar-refractivity contribution in [2.75, 3.05) is 18.0 Å². The zero-order valence-corrected chi connectivity index (χ0v) is 21.9. The number of nitrogens with one attached hydrogen (secondary N) is 1. The van der Waals surface area contributed by atoms with Crippen molar-refractivity contribution < 1.29 is 22.7 Å². The van der Waals surface area contributed by atoms with Gasteiger partial charge in [-0.25, -0.2) is 13.2 Å². The van der Waals surface area contributed by atoms with Crippen LogP contribution in [-0.2, 0) is 32.5 Å². The summed E-state index contributed by atoms with van der Waals surface area (Å²) in [5.41, 5.74) is 2.75. The number of sulfonamides is 1. The average Bonchev–Trinajstić information content (AvgIpc) is 3.41. The van der Waals surface area contributed by atoms with Gasteiger partial charge in [-0.1, -0.05) is 30.3 Å². The van der Waals surface area contributed by atoms with E-state index in [-0.39, 0.29) is 10.1 Å². The number of carbonyl (C=O) groups is 2. The molecule has 1 atom stereocenters. The first-order valence-corrected chi connectivity index (χ1v) is 14.1. The van der Waals surface area contributed by atoms with E-state index < -0.39 is 22.2 Å². The zero-order valence-electron chi connectivity index (χ0n) is 19.5. The molecule has 36 heavy (non-hydrogen) atoms. The lowest BCUT2D eigenvalue weighted by molar-refractivity contribution is -0.118. The molecule has 5 rings (SSSR count). The van der Waals surface area contributed by atoms with Crippen LogP contribution in [0.5, 0.6) is 0 Å². The Morgan fingerprint density at radius 1 is 1.17 bits per heavy atom. The molecule has 8 nitrogen and oxygen atoms in total. The first-order chi connectivity index (χ1) is 17.1. The van der Waals surface area contributed by atoms with Gasteiger partial charge in [0.15, 0.2) is 0 Å². The first-order valence-electron chi connectivity index (χ1n) is 11.4. The Morgan fingerprint density at radius 2 is 1.97 bits per heavy atom. The smallest absolute Gasteiger partial charge is 0.415 e. The van der Waals surface area contributed by atoms with Crippen molar-refractivity contribution in [1.29, 1.82) is 0 Å². The van der Waals surface area contributed by atoms with Crippen LogP contribution in [0.15, 0.2) is 59.0 Å². The summed E-state index contributed by atoms with van der Waals surface area (Å²) in [6, 6.07) is 11.6. The van der Waals surface area contributed by atoms with Gasteiger partial charge in [0.1, 0.15) is 10.3 Å². The minimum atomic E-state index is -3.87. The van der Waals surface area contributed by atoms with E-state index in [9.17, 15) is 18.0 Å². The van der Waals surface area contributed by atoms with E-state index in [1.54, 1.807) is 41.0 Å². The van der Waals surface area contributed by atoms with Gasteiger partial charge in [-0.05, 0) is 66.6 Å². The number of anilines is 1. The van der Waals surface area contributed by atoms with Crippen LogP contribution in [0.1, 0.15) is 24.5 Å². The monoisotopic (exact) mass is 545 g/mol. The second-order valence-electron chi connectivity index (χ2n) is 8.89. The van der Waals surface area contributed by atoms with E-state index in [1.807, 2.05) is 18.2 Å². The highest BCUT2D eigenvalue weighted by atomic mass is 35.5. The van der Waals surface area contributed by atoms with Gasteiger partial charge in [0.25, 0.3) is 10.0 Å². The fourth-order valence-corrected chi connectivity index (χ4v) is 7.39. The van der Waals surface area contributed by atoms with Crippen molar-refractivity contribution in [3.05, 3.63) is 71.0 Å². The average molecular weight is 546 g/mol. The molecule has 1 N–H and O–H groups in total. The van der Waals surface area contributed by atoms with E-state index in [1.165, 1.54) is 0 Å². The fraction of sp³-hybridized carbons (Fsp3) is 0.280. The van der Waals surface area contributed by atoms with Crippen molar-refractivity contribution in [3.8, 4) is 0 Å². The maximum Gasteiger partial charge on any atom is 0.415 e. The summed E-state index contributed by atoms with van der Waals surface area (Å²) in [6.07, 6.45) is 0.568. The van der Waals surface area contributed by atoms with Gasteiger partial charge in [-0.2, -0.15) is 4.72 Å². The standard InChI is InChI=1S/C25H24ClN3O5S2/c1-15(2)34-25(31)28-9-7-16-11-20(6-4-18(16)14-28)29-10-8-21(24(29)30)27-36(32,33)23-12-17-3-5-19(26)13-22(17)35-23/h3-6,11-13,21,27H,1,7-10,14H2,2H3/t21-/m0/s1. The van der Waals surface area contributed by atoms with Crippen molar-refractivity contribution in [3.63, 3.8) is 0 Å². The van der Waals surface area contributed by atoms with E-state index in [0.29, 0.717) is 43.3 Å². The Kier molecular flexibility index (Phi) is 6.54. The molecule has 1 aromatic heterocycles. The Morgan fingerprint density at radius 3 is 2.75 bits per heavy atom. The molecule has 188 valence electrons. The van der Waals surface area contributed by atoms with Crippen LogP contribution >= 0.6 is 22.9 Å². The van der Waals surface area contributed by atoms with Gasteiger partial charge in [-0.15, -0.1) is 11.3 Å². The number of nitrogens with zero attached hydrogens (tertiary/aromatic N) is 2. The molecule has 3 aromatic rings. The third kappa shape index (κ3) is 4.86. The first kappa shape index (κ1) is 24.8. The number of fused-ring (bicyclic) bond motifs is 2. The summed E-state index contributed by atoms with van der Waals surface area (Å²) in [6.45, 7) is 6.55. The molecule has 0 aliphatic carbocycles. The summed E-state index contributed by atoms with van der Waals surface area (Å²) < 4.78 is 34.7. The molecular formula is C25H24ClN3O5S2. The van der Waals surface area contributed by atoms with Gasteiger partial charge in [0.05, 0.1) is 5.76 Å². The zero-order chi connectivity index (χ0) is 25.6. The maximum atomic E-state index is 13.2. The van der Waals surface area contributed by atoms with Crippen LogP contribution in [-0.4, -0.2) is 44.4 Å². The van der Waals surface area contributed by atoms with Gasteiger partial charge >= 0.3 is 6.09 Å². The van der Waals surface area contributed by atoms with Crippen LogP contribution in [0, 0.1) is 0 Å². The number of ether oxygens (including phenoxy) is 1. The van der Waals surface area contributed by atoms with Crippen LogP contribution < -0.4 is 9.62 Å². The number of rotatable bonds is 5. The number of allylic oxidation sites excluding steroid dienone is 1. The molecule has 1 fully saturated rings. The molecule has 11 heteroatoms. The summed E-state index contributed by atoms with van der Waals surface area (Å²) in [5.74, 6) is 0.0563.